The van der Waals surface area contributed by atoms with Gasteiger partial charge in [-0.3, -0.25) is 9.59 Å². The quantitative estimate of drug-likeness (QED) is 0.511. The monoisotopic (exact) mass is 277 g/mol. The van der Waals surface area contributed by atoms with Crippen LogP contribution in [0.4, 0.5) is 4.79 Å². The molecule has 8 nitrogen and oxygen atoms in total. The van der Waals surface area contributed by atoms with Crippen LogP contribution in [0, 0.1) is 10.1 Å². The van der Waals surface area contributed by atoms with Crippen molar-refractivity contribution in [3.8, 4) is 0 Å². The molecule has 0 spiro atoms. The molecule has 0 saturated carbocycles. The van der Waals surface area contributed by atoms with E-state index in [0.717, 1.165) is 18.2 Å². The number of amides is 2. The van der Waals surface area contributed by atoms with Crippen LogP contribution in [-0.2, 0) is 9.63 Å². The Labute approximate surface area is 108 Å². The molecule has 1 rings (SSSR count). The van der Waals surface area contributed by atoms with E-state index >= 15 is 0 Å². The average Bonchev–Trinajstić information content (AvgIpc) is 2.73. The van der Waals surface area contributed by atoms with Crippen LogP contribution in [-0.4, -0.2) is 40.7 Å². The van der Waals surface area contributed by atoms with Crippen molar-refractivity contribution in [1.29, 1.82) is 0 Å². The van der Waals surface area contributed by atoms with E-state index in [1.807, 2.05) is 6.92 Å². The zero-order valence-electron chi connectivity index (χ0n) is 9.88. The van der Waals surface area contributed by atoms with Crippen LogP contribution in [0.3, 0.4) is 0 Å². The van der Waals surface area contributed by atoms with Gasteiger partial charge in [0, 0.05) is 5.75 Å². The third-order valence-corrected chi connectivity index (χ3v) is 3.23. The van der Waals surface area contributed by atoms with E-state index in [0.29, 0.717) is 12.2 Å². The highest BCUT2D eigenvalue weighted by molar-refractivity contribution is 8.14. The van der Waals surface area contributed by atoms with Crippen LogP contribution < -0.4 is 10.6 Å². The Bertz CT molecular complexity index is 338. The van der Waals surface area contributed by atoms with E-state index < -0.39 is 17.2 Å². The van der Waals surface area contributed by atoms with E-state index in [9.17, 15) is 19.7 Å². The van der Waals surface area contributed by atoms with Crippen molar-refractivity contribution in [2.24, 2.45) is 0 Å². The number of hydrogen-bond donors (Lipinski definition) is 2. The van der Waals surface area contributed by atoms with Gasteiger partial charge in [0.05, 0.1) is 6.04 Å². The van der Waals surface area contributed by atoms with Crippen molar-refractivity contribution < 1.29 is 19.5 Å². The van der Waals surface area contributed by atoms with Gasteiger partial charge in [-0.05, 0) is 6.42 Å². The fourth-order valence-corrected chi connectivity index (χ4v) is 2.30. The minimum absolute atomic E-state index is 0.180. The first-order valence-electron chi connectivity index (χ1n) is 5.54. The molecule has 1 saturated heterocycles. The maximum absolute atomic E-state index is 11.8. The molecule has 0 aromatic heterocycles. The van der Waals surface area contributed by atoms with Gasteiger partial charge >= 0.3 is 0 Å². The first kappa shape index (κ1) is 14.6. The average molecular weight is 277 g/mol. The number of carbonyl (C=O) groups is 2. The second-order valence-electron chi connectivity index (χ2n) is 3.81. The molecule has 1 aliphatic heterocycles. The van der Waals surface area contributed by atoms with E-state index in [1.165, 1.54) is 0 Å². The first-order chi connectivity index (χ1) is 8.52. The molecule has 0 bridgehead atoms. The van der Waals surface area contributed by atoms with E-state index in [4.69, 9.17) is 0 Å². The van der Waals surface area contributed by atoms with Gasteiger partial charge < -0.3 is 15.5 Å². The second kappa shape index (κ2) is 7.04. The molecule has 18 heavy (non-hydrogen) atoms. The lowest BCUT2D eigenvalue weighted by atomic mass is 10.1. The third kappa shape index (κ3) is 4.78. The predicted octanol–water partition coefficient (Wildman–Crippen LogP) is 0.305. The number of rotatable bonds is 7. The van der Waals surface area contributed by atoms with Gasteiger partial charge in [0.15, 0.2) is 0 Å². The Hall–Kier alpha value is -1.51. The normalized spacial score (nSPS) is 20.1. The number of thioether (sulfide) groups is 1. The van der Waals surface area contributed by atoms with Crippen molar-refractivity contribution in [3.63, 3.8) is 0 Å². The SMILES string of the molecule is CCCC(CO[N+](=O)[O-])NC(=O)[C@@H]1CSC(=O)N1. The molecule has 102 valence electrons. The lowest BCUT2D eigenvalue weighted by molar-refractivity contribution is -0.758. The molecule has 1 unspecified atom stereocenters. The number of hydrogen-bond acceptors (Lipinski definition) is 6. The second-order valence-corrected chi connectivity index (χ2v) is 4.80. The first-order valence-corrected chi connectivity index (χ1v) is 6.52. The van der Waals surface area contributed by atoms with Gasteiger partial charge in [0.2, 0.25) is 5.91 Å². The van der Waals surface area contributed by atoms with Gasteiger partial charge in [0.25, 0.3) is 10.3 Å². The van der Waals surface area contributed by atoms with Crippen molar-refractivity contribution in [3.05, 3.63) is 10.1 Å². The summed E-state index contributed by atoms with van der Waals surface area (Å²) < 4.78 is 0. The highest BCUT2D eigenvalue weighted by atomic mass is 32.2. The number of carbonyl (C=O) groups excluding carboxylic acids is 2. The summed E-state index contributed by atoms with van der Waals surface area (Å²) in [6.07, 6.45) is 1.34. The van der Waals surface area contributed by atoms with Gasteiger partial charge in [-0.25, -0.2) is 0 Å². The molecule has 9 heteroatoms. The molecule has 1 fully saturated rings. The summed E-state index contributed by atoms with van der Waals surface area (Å²) in [5.74, 6) is 0.0401. The Morgan fingerprint density at radius 1 is 1.78 bits per heavy atom. The third-order valence-electron chi connectivity index (χ3n) is 2.35. The summed E-state index contributed by atoms with van der Waals surface area (Å²) in [6, 6.07) is -0.993. The fraction of sp³-hybridized carbons (Fsp3) is 0.778. The van der Waals surface area contributed by atoms with Crippen LogP contribution >= 0.6 is 11.8 Å². The molecule has 0 aromatic carbocycles. The smallest absolute Gasteiger partial charge is 0.294 e. The maximum Gasteiger partial charge on any atom is 0.294 e. The molecule has 1 aliphatic rings. The highest BCUT2D eigenvalue weighted by Gasteiger charge is 2.29. The predicted molar refractivity (Wildman–Crippen MR) is 64.6 cm³/mol. The van der Waals surface area contributed by atoms with Crippen LogP contribution in [0.5, 0.6) is 0 Å². The Morgan fingerprint density at radius 3 is 3.00 bits per heavy atom. The van der Waals surface area contributed by atoms with Crippen LogP contribution in [0.15, 0.2) is 0 Å². The standard InChI is InChI=1S/C9H15N3O5S/c1-2-3-6(4-17-12(15)16)10-8(13)7-5-18-9(14)11-7/h6-7H,2-5H2,1H3,(H,10,13)(H,11,14)/t6?,7-/m0/s1. The lowest BCUT2D eigenvalue weighted by Crippen LogP contribution is -2.48. The summed E-state index contributed by atoms with van der Waals surface area (Å²) in [7, 11) is 0. The van der Waals surface area contributed by atoms with Crippen LogP contribution in [0.1, 0.15) is 19.8 Å². The minimum atomic E-state index is -0.887. The summed E-state index contributed by atoms with van der Waals surface area (Å²) >= 11 is 1.04. The Balaban J connectivity index is 2.41. The largest absolute Gasteiger partial charge is 0.350 e. The molecule has 2 N–H and O–H groups in total. The van der Waals surface area contributed by atoms with Crippen molar-refractivity contribution in [2.75, 3.05) is 12.4 Å². The number of nitrogens with one attached hydrogen (secondary N) is 2. The van der Waals surface area contributed by atoms with E-state index in [-0.39, 0.29) is 17.8 Å². The highest BCUT2D eigenvalue weighted by Crippen LogP contribution is 2.13. The topological polar surface area (TPSA) is 111 Å². The van der Waals surface area contributed by atoms with E-state index in [1.54, 1.807) is 0 Å². The summed E-state index contributed by atoms with van der Waals surface area (Å²) in [5, 5.41) is 14.1. The fourth-order valence-electron chi connectivity index (χ4n) is 1.52. The summed E-state index contributed by atoms with van der Waals surface area (Å²) in [5.41, 5.74) is 0. The molecule has 0 radical (unpaired) electrons. The molecule has 2 amide bonds. The molecule has 0 aromatic rings. The summed E-state index contributed by atoms with van der Waals surface area (Å²) in [4.78, 5) is 37.1. The lowest BCUT2D eigenvalue weighted by Gasteiger charge is -2.19. The molecular formula is C9H15N3O5S. The van der Waals surface area contributed by atoms with Crippen molar-refractivity contribution in [2.45, 2.75) is 31.8 Å². The summed E-state index contributed by atoms with van der Waals surface area (Å²) in [6.45, 7) is 1.72. The van der Waals surface area contributed by atoms with Gasteiger partial charge in [0.1, 0.15) is 12.6 Å². The zero-order chi connectivity index (χ0) is 13.5. The van der Waals surface area contributed by atoms with Crippen molar-refractivity contribution in [1.82, 2.24) is 10.6 Å². The van der Waals surface area contributed by atoms with Crippen LogP contribution in [0.2, 0.25) is 0 Å². The van der Waals surface area contributed by atoms with Gasteiger partial charge in [-0.15, -0.1) is 10.1 Å². The minimum Gasteiger partial charge on any atom is -0.350 e. The molecular weight excluding hydrogens is 262 g/mol. The number of nitrogens with zero attached hydrogens (tertiary/aromatic N) is 1. The maximum atomic E-state index is 11.8. The van der Waals surface area contributed by atoms with Crippen molar-refractivity contribution >= 4 is 22.9 Å². The molecule has 0 aliphatic carbocycles. The van der Waals surface area contributed by atoms with E-state index in [2.05, 4.69) is 15.5 Å². The van der Waals surface area contributed by atoms with Gasteiger partial charge in [-0.1, -0.05) is 25.1 Å². The van der Waals surface area contributed by atoms with Gasteiger partial charge in [-0.2, -0.15) is 0 Å². The molecule has 2 atom stereocenters. The Kier molecular flexibility index (Phi) is 5.69. The van der Waals surface area contributed by atoms with Crippen LogP contribution in [0.25, 0.3) is 0 Å². The molecule has 1 heterocycles. The zero-order valence-corrected chi connectivity index (χ0v) is 10.7. The Morgan fingerprint density at radius 2 is 2.50 bits per heavy atom.